The summed E-state index contributed by atoms with van der Waals surface area (Å²) in [4.78, 5) is 15.8. The first-order valence-corrected chi connectivity index (χ1v) is 6.44. The molecular weight excluding hydrogens is 272 g/mol. The number of carbonyl (C=O) groups is 1. The van der Waals surface area contributed by atoms with E-state index in [2.05, 4.69) is 15.5 Å². The Morgan fingerprint density at radius 2 is 2.24 bits per heavy atom. The first-order valence-electron chi connectivity index (χ1n) is 6.44. The van der Waals surface area contributed by atoms with Gasteiger partial charge in [0, 0.05) is 18.3 Å². The number of imidazole rings is 1. The van der Waals surface area contributed by atoms with Crippen molar-refractivity contribution in [2.75, 3.05) is 5.32 Å². The number of hydrogen-bond acceptors (Lipinski definition) is 5. The van der Waals surface area contributed by atoms with Gasteiger partial charge in [0.25, 0.3) is 0 Å². The van der Waals surface area contributed by atoms with Crippen LogP contribution in [0.2, 0.25) is 0 Å². The molecule has 2 N–H and O–H groups in total. The molecule has 0 aromatic carbocycles. The van der Waals surface area contributed by atoms with Crippen molar-refractivity contribution in [1.29, 1.82) is 0 Å². The normalized spacial score (nSPS) is 11.0. The Balaban J connectivity index is 1.97. The highest BCUT2D eigenvalue weighted by Crippen LogP contribution is 2.20. The van der Waals surface area contributed by atoms with Crippen LogP contribution in [0.5, 0.6) is 0 Å². The van der Waals surface area contributed by atoms with Crippen LogP contribution in [0.3, 0.4) is 0 Å². The van der Waals surface area contributed by atoms with E-state index in [1.807, 2.05) is 19.9 Å². The van der Waals surface area contributed by atoms with Gasteiger partial charge in [0.15, 0.2) is 11.5 Å². The van der Waals surface area contributed by atoms with E-state index in [-0.39, 0.29) is 5.69 Å². The summed E-state index contributed by atoms with van der Waals surface area (Å²) < 4.78 is 6.63. The summed E-state index contributed by atoms with van der Waals surface area (Å²) in [5.41, 5.74) is 2.37. The molecule has 3 rings (SSSR count). The Labute approximate surface area is 120 Å². The second kappa shape index (κ2) is 4.93. The Kier molecular flexibility index (Phi) is 3.09. The van der Waals surface area contributed by atoms with Crippen molar-refractivity contribution < 1.29 is 14.4 Å². The molecule has 0 fully saturated rings. The molecular formula is C14H14N4O3. The number of carboxylic acid groups (broad SMARTS) is 1. The summed E-state index contributed by atoms with van der Waals surface area (Å²) in [6.07, 6.45) is 1.67. The molecule has 0 saturated carbocycles. The number of aryl methyl sites for hydroxylation is 2. The fourth-order valence-electron chi connectivity index (χ4n) is 2.25. The van der Waals surface area contributed by atoms with Gasteiger partial charge in [-0.1, -0.05) is 11.2 Å². The third-order valence-electron chi connectivity index (χ3n) is 3.35. The fraction of sp³-hybridized carbons (Fsp3) is 0.214. The van der Waals surface area contributed by atoms with Crippen LogP contribution in [0.1, 0.15) is 27.5 Å². The minimum Gasteiger partial charge on any atom is -0.476 e. The lowest BCUT2D eigenvalue weighted by Gasteiger charge is -2.04. The molecule has 0 bridgehead atoms. The SMILES string of the molecule is Cc1noc(C)c1CNc1nc2ccccn2c1C(=O)O. The molecule has 3 aromatic heterocycles. The Morgan fingerprint density at radius 1 is 1.43 bits per heavy atom. The minimum absolute atomic E-state index is 0.109. The molecule has 7 heteroatoms. The van der Waals surface area contributed by atoms with Gasteiger partial charge in [-0.3, -0.25) is 4.40 Å². The summed E-state index contributed by atoms with van der Waals surface area (Å²) in [5, 5.41) is 16.3. The zero-order chi connectivity index (χ0) is 15.0. The third kappa shape index (κ3) is 2.22. The Morgan fingerprint density at radius 3 is 2.90 bits per heavy atom. The molecule has 3 heterocycles. The van der Waals surface area contributed by atoms with Crippen LogP contribution < -0.4 is 5.32 Å². The van der Waals surface area contributed by atoms with Gasteiger partial charge in [0.1, 0.15) is 11.4 Å². The van der Waals surface area contributed by atoms with Gasteiger partial charge in [-0.15, -0.1) is 0 Å². The van der Waals surface area contributed by atoms with Crippen molar-refractivity contribution in [3.63, 3.8) is 0 Å². The largest absolute Gasteiger partial charge is 0.476 e. The zero-order valence-corrected chi connectivity index (χ0v) is 11.6. The highest BCUT2D eigenvalue weighted by atomic mass is 16.5. The number of fused-ring (bicyclic) bond motifs is 1. The standard InChI is InChI=1S/C14H14N4O3/c1-8-10(9(2)21-17-8)7-15-13-12(14(19)20)18-6-4-3-5-11(18)16-13/h3-6,15H,7H2,1-2H3,(H,19,20). The van der Waals surface area contributed by atoms with Gasteiger partial charge < -0.3 is 14.9 Å². The highest BCUT2D eigenvalue weighted by molar-refractivity contribution is 5.92. The van der Waals surface area contributed by atoms with Gasteiger partial charge in [-0.25, -0.2) is 9.78 Å². The third-order valence-corrected chi connectivity index (χ3v) is 3.35. The van der Waals surface area contributed by atoms with Crippen LogP contribution in [0.25, 0.3) is 5.65 Å². The van der Waals surface area contributed by atoms with Crippen molar-refractivity contribution in [2.45, 2.75) is 20.4 Å². The molecule has 0 unspecified atom stereocenters. The van der Waals surface area contributed by atoms with E-state index in [0.29, 0.717) is 23.8 Å². The van der Waals surface area contributed by atoms with Crippen LogP contribution in [-0.2, 0) is 6.54 Å². The molecule has 21 heavy (non-hydrogen) atoms. The summed E-state index contributed by atoms with van der Waals surface area (Å²) in [7, 11) is 0. The first kappa shape index (κ1) is 13.2. The summed E-state index contributed by atoms with van der Waals surface area (Å²) in [5.74, 6) is 0.00398. The highest BCUT2D eigenvalue weighted by Gasteiger charge is 2.19. The number of rotatable bonds is 4. The molecule has 0 spiro atoms. The summed E-state index contributed by atoms with van der Waals surface area (Å²) >= 11 is 0. The van der Waals surface area contributed by atoms with Crippen LogP contribution in [0.15, 0.2) is 28.9 Å². The number of aromatic nitrogens is 3. The van der Waals surface area contributed by atoms with E-state index in [0.717, 1.165) is 11.3 Å². The molecule has 0 aliphatic heterocycles. The van der Waals surface area contributed by atoms with Crippen molar-refractivity contribution in [3.05, 3.63) is 47.1 Å². The zero-order valence-electron chi connectivity index (χ0n) is 11.6. The molecule has 0 amide bonds. The van der Waals surface area contributed by atoms with Crippen molar-refractivity contribution in [1.82, 2.24) is 14.5 Å². The van der Waals surface area contributed by atoms with Crippen molar-refractivity contribution in [3.8, 4) is 0 Å². The number of carboxylic acids is 1. The monoisotopic (exact) mass is 286 g/mol. The van der Waals surface area contributed by atoms with Crippen LogP contribution in [0, 0.1) is 13.8 Å². The van der Waals surface area contributed by atoms with E-state index < -0.39 is 5.97 Å². The quantitative estimate of drug-likeness (QED) is 0.764. The molecule has 7 nitrogen and oxygen atoms in total. The Hall–Kier alpha value is -2.83. The molecule has 0 aliphatic carbocycles. The van der Waals surface area contributed by atoms with Crippen LogP contribution in [-0.4, -0.2) is 25.6 Å². The number of nitrogens with zero attached hydrogens (tertiary/aromatic N) is 3. The lowest BCUT2D eigenvalue weighted by atomic mass is 10.2. The number of aromatic carboxylic acids is 1. The lowest BCUT2D eigenvalue weighted by molar-refractivity contribution is 0.0690. The number of nitrogens with one attached hydrogen (secondary N) is 1. The molecule has 0 atom stereocenters. The van der Waals surface area contributed by atoms with Gasteiger partial charge in [-0.2, -0.15) is 0 Å². The molecule has 0 radical (unpaired) electrons. The molecule has 0 saturated heterocycles. The number of pyridine rings is 1. The predicted molar refractivity (Wildman–Crippen MR) is 75.5 cm³/mol. The van der Waals surface area contributed by atoms with E-state index in [1.54, 1.807) is 18.3 Å². The van der Waals surface area contributed by atoms with E-state index in [9.17, 15) is 9.90 Å². The second-order valence-corrected chi connectivity index (χ2v) is 4.70. The molecule has 0 aliphatic rings. The molecule has 108 valence electrons. The van der Waals surface area contributed by atoms with Crippen molar-refractivity contribution >= 4 is 17.4 Å². The number of anilines is 1. The van der Waals surface area contributed by atoms with Crippen molar-refractivity contribution in [2.24, 2.45) is 0 Å². The fourth-order valence-corrected chi connectivity index (χ4v) is 2.25. The summed E-state index contributed by atoms with van der Waals surface area (Å²) in [6, 6.07) is 5.33. The maximum absolute atomic E-state index is 11.5. The number of hydrogen-bond donors (Lipinski definition) is 2. The molecule has 3 aromatic rings. The van der Waals surface area contributed by atoms with Gasteiger partial charge in [0.05, 0.1) is 5.69 Å². The summed E-state index contributed by atoms with van der Waals surface area (Å²) in [6.45, 7) is 4.07. The van der Waals surface area contributed by atoms with Crippen LogP contribution in [0.4, 0.5) is 5.82 Å². The van der Waals surface area contributed by atoms with E-state index >= 15 is 0 Å². The maximum Gasteiger partial charge on any atom is 0.356 e. The van der Waals surface area contributed by atoms with Gasteiger partial charge >= 0.3 is 5.97 Å². The maximum atomic E-state index is 11.5. The average molecular weight is 286 g/mol. The van der Waals surface area contributed by atoms with E-state index in [4.69, 9.17) is 4.52 Å². The second-order valence-electron chi connectivity index (χ2n) is 4.70. The topological polar surface area (TPSA) is 92.7 Å². The van der Waals surface area contributed by atoms with E-state index in [1.165, 1.54) is 4.40 Å². The Bertz CT molecular complexity index is 799. The lowest BCUT2D eigenvalue weighted by Crippen LogP contribution is -2.08. The predicted octanol–water partition coefficient (Wildman–Crippen LogP) is 2.25. The van der Waals surface area contributed by atoms with Gasteiger partial charge in [-0.05, 0) is 26.0 Å². The first-order chi connectivity index (χ1) is 10.1. The smallest absolute Gasteiger partial charge is 0.356 e. The minimum atomic E-state index is -1.03. The van der Waals surface area contributed by atoms with Crippen LogP contribution >= 0.6 is 0 Å². The van der Waals surface area contributed by atoms with Gasteiger partial charge in [0.2, 0.25) is 0 Å². The average Bonchev–Trinajstić information content (AvgIpc) is 2.97.